The van der Waals surface area contributed by atoms with Crippen LogP contribution in [0.25, 0.3) is 0 Å². The van der Waals surface area contributed by atoms with Crippen molar-refractivity contribution in [2.45, 2.75) is 56.7 Å². The van der Waals surface area contributed by atoms with Crippen molar-refractivity contribution in [3.63, 3.8) is 0 Å². The second-order valence-electron chi connectivity index (χ2n) is 7.80. The quantitative estimate of drug-likeness (QED) is 0.0586. The topological polar surface area (TPSA) is 270 Å². The van der Waals surface area contributed by atoms with Crippen LogP contribution in [0.1, 0.15) is 37.8 Å². The largest absolute Gasteiger partial charge is 0.480 e. The molecule has 15 heteroatoms. The Labute approximate surface area is 202 Å². The number of aliphatic imine (C=N–C) groups is 1. The number of guanidine groups is 1. The number of nitrogens with zero attached hydrogens (tertiary/aromatic N) is 2. The van der Waals surface area contributed by atoms with Crippen molar-refractivity contribution in [2.24, 2.45) is 27.9 Å². The average molecular weight is 497 g/mol. The number of unbranched alkanes of at least 4 members (excludes halogenated alkanes) is 1. The van der Waals surface area contributed by atoms with Crippen LogP contribution in [0.3, 0.4) is 0 Å². The highest BCUT2D eigenvalue weighted by molar-refractivity contribution is 5.93. The van der Waals surface area contributed by atoms with Crippen LogP contribution in [0.15, 0.2) is 17.5 Å². The van der Waals surface area contributed by atoms with Crippen molar-refractivity contribution in [1.82, 2.24) is 25.9 Å². The molecule has 0 aliphatic heterocycles. The fraction of sp³-hybridized carbons (Fsp3) is 0.600. The molecule has 3 unspecified atom stereocenters. The van der Waals surface area contributed by atoms with E-state index < -0.39 is 41.8 Å². The third kappa shape index (κ3) is 11.8. The van der Waals surface area contributed by atoms with Crippen LogP contribution in [0.5, 0.6) is 0 Å². The van der Waals surface area contributed by atoms with Gasteiger partial charge < -0.3 is 49.0 Å². The zero-order valence-electron chi connectivity index (χ0n) is 19.5. The van der Waals surface area contributed by atoms with Gasteiger partial charge >= 0.3 is 5.97 Å². The van der Waals surface area contributed by atoms with Gasteiger partial charge in [-0.25, -0.2) is 9.78 Å². The molecule has 0 aromatic carbocycles. The van der Waals surface area contributed by atoms with E-state index in [9.17, 15) is 24.3 Å². The predicted molar refractivity (Wildman–Crippen MR) is 128 cm³/mol. The molecule has 0 aliphatic rings. The number of aromatic nitrogens is 2. The molecule has 3 atom stereocenters. The van der Waals surface area contributed by atoms with Crippen molar-refractivity contribution in [3.05, 3.63) is 18.2 Å². The van der Waals surface area contributed by atoms with E-state index in [2.05, 4.69) is 30.9 Å². The van der Waals surface area contributed by atoms with Crippen LogP contribution in [0, 0.1) is 0 Å². The van der Waals surface area contributed by atoms with Gasteiger partial charge in [0.05, 0.1) is 12.9 Å². The summed E-state index contributed by atoms with van der Waals surface area (Å²) in [4.78, 5) is 60.0. The maximum atomic E-state index is 13.0. The number of rotatable bonds is 17. The van der Waals surface area contributed by atoms with E-state index in [-0.39, 0.29) is 38.3 Å². The molecule has 0 fully saturated rings. The smallest absolute Gasteiger partial charge is 0.326 e. The summed E-state index contributed by atoms with van der Waals surface area (Å²) in [7, 11) is 0. The number of carbonyl (C=O) groups is 4. The number of amides is 3. The van der Waals surface area contributed by atoms with Gasteiger partial charge in [-0.05, 0) is 38.6 Å². The molecule has 0 saturated carbocycles. The van der Waals surface area contributed by atoms with Gasteiger partial charge in [0.25, 0.3) is 0 Å². The van der Waals surface area contributed by atoms with E-state index in [0.29, 0.717) is 31.5 Å². The molecule has 3 amide bonds. The molecule has 1 rings (SSSR count). The van der Waals surface area contributed by atoms with Crippen molar-refractivity contribution < 1.29 is 24.3 Å². The van der Waals surface area contributed by atoms with Crippen molar-refractivity contribution in [2.75, 3.05) is 19.6 Å². The molecule has 1 heterocycles. The SMILES string of the molecule is NCCCCC(NC(=O)CN)C(=O)NC(Cc1cnc[nH]1)C(=O)NC(CCCN=C(N)N)C(=O)O. The molecule has 35 heavy (non-hydrogen) atoms. The molecular formula is C20H36N10O5. The van der Waals surface area contributed by atoms with E-state index in [1.54, 1.807) is 0 Å². The maximum Gasteiger partial charge on any atom is 0.326 e. The Morgan fingerprint density at radius 1 is 0.971 bits per heavy atom. The Morgan fingerprint density at radius 3 is 2.20 bits per heavy atom. The lowest BCUT2D eigenvalue weighted by Crippen LogP contribution is -2.56. The van der Waals surface area contributed by atoms with Gasteiger partial charge in [0.15, 0.2) is 5.96 Å². The van der Waals surface area contributed by atoms with Gasteiger partial charge in [-0.1, -0.05) is 0 Å². The molecule has 0 bridgehead atoms. The third-order valence-corrected chi connectivity index (χ3v) is 4.96. The molecule has 1 aromatic rings. The first-order valence-electron chi connectivity index (χ1n) is 11.2. The summed E-state index contributed by atoms with van der Waals surface area (Å²) in [5, 5.41) is 17.1. The molecule has 15 nitrogen and oxygen atoms in total. The number of carboxylic acid groups (broad SMARTS) is 1. The number of nitrogens with two attached hydrogens (primary N) is 4. The summed E-state index contributed by atoms with van der Waals surface area (Å²) in [5.74, 6) is -3.22. The predicted octanol–water partition coefficient (Wildman–Crippen LogP) is -3.37. The zero-order chi connectivity index (χ0) is 26.2. The third-order valence-electron chi connectivity index (χ3n) is 4.96. The second kappa shape index (κ2) is 16.0. The van der Waals surface area contributed by atoms with Crippen LogP contribution < -0.4 is 38.9 Å². The minimum Gasteiger partial charge on any atom is -0.480 e. The van der Waals surface area contributed by atoms with Gasteiger partial charge in [-0.15, -0.1) is 0 Å². The molecule has 0 aliphatic carbocycles. The lowest BCUT2D eigenvalue weighted by Gasteiger charge is -2.24. The molecular weight excluding hydrogens is 460 g/mol. The number of imidazole rings is 1. The Bertz CT molecular complexity index is 841. The molecule has 0 radical (unpaired) electrons. The van der Waals surface area contributed by atoms with Crippen LogP contribution in [-0.4, -0.2) is 82.5 Å². The summed E-state index contributed by atoms with van der Waals surface area (Å²) in [5.41, 5.74) is 21.9. The summed E-state index contributed by atoms with van der Waals surface area (Å²) in [6.45, 7) is 0.310. The number of hydrogen-bond acceptors (Lipinski definition) is 8. The summed E-state index contributed by atoms with van der Waals surface area (Å²) in [6, 6.07) is -3.31. The molecule has 0 spiro atoms. The first-order valence-corrected chi connectivity index (χ1v) is 11.2. The zero-order valence-corrected chi connectivity index (χ0v) is 19.5. The van der Waals surface area contributed by atoms with E-state index in [0.717, 1.165) is 0 Å². The first-order chi connectivity index (χ1) is 16.7. The molecule has 1 aromatic heterocycles. The number of aliphatic carboxylic acids is 1. The average Bonchev–Trinajstić information content (AvgIpc) is 3.32. The highest BCUT2D eigenvalue weighted by atomic mass is 16.4. The van der Waals surface area contributed by atoms with E-state index >= 15 is 0 Å². The Balaban J connectivity index is 2.95. The minimum absolute atomic E-state index is 0.0122. The van der Waals surface area contributed by atoms with Crippen molar-refractivity contribution in [1.29, 1.82) is 0 Å². The van der Waals surface area contributed by atoms with Crippen molar-refractivity contribution >= 4 is 29.7 Å². The van der Waals surface area contributed by atoms with E-state index in [4.69, 9.17) is 22.9 Å². The fourth-order valence-corrected chi connectivity index (χ4v) is 3.15. The normalized spacial score (nSPS) is 13.2. The van der Waals surface area contributed by atoms with E-state index in [1.165, 1.54) is 12.5 Å². The van der Waals surface area contributed by atoms with Gasteiger partial charge in [-0.2, -0.15) is 0 Å². The van der Waals surface area contributed by atoms with E-state index in [1.807, 2.05) is 0 Å². The van der Waals surface area contributed by atoms with Gasteiger partial charge in [-0.3, -0.25) is 19.4 Å². The fourth-order valence-electron chi connectivity index (χ4n) is 3.15. The highest BCUT2D eigenvalue weighted by Gasteiger charge is 2.29. The lowest BCUT2D eigenvalue weighted by atomic mass is 10.1. The maximum absolute atomic E-state index is 13.0. The molecule has 196 valence electrons. The van der Waals surface area contributed by atoms with Gasteiger partial charge in [0.1, 0.15) is 18.1 Å². The number of aromatic amines is 1. The van der Waals surface area contributed by atoms with Gasteiger partial charge in [0.2, 0.25) is 17.7 Å². The van der Waals surface area contributed by atoms with Crippen LogP contribution in [-0.2, 0) is 25.6 Å². The number of carbonyl (C=O) groups excluding carboxylic acids is 3. The summed E-state index contributed by atoms with van der Waals surface area (Å²) in [6.07, 6.45) is 4.76. The summed E-state index contributed by atoms with van der Waals surface area (Å²) >= 11 is 0. The number of nitrogens with one attached hydrogen (secondary N) is 4. The lowest BCUT2D eigenvalue weighted by molar-refractivity contribution is -0.142. The van der Waals surface area contributed by atoms with Crippen molar-refractivity contribution in [3.8, 4) is 0 Å². The van der Waals surface area contributed by atoms with Crippen LogP contribution >= 0.6 is 0 Å². The highest BCUT2D eigenvalue weighted by Crippen LogP contribution is 2.06. The molecule has 13 N–H and O–H groups in total. The number of carboxylic acids is 1. The monoisotopic (exact) mass is 496 g/mol. The molecule has 0 saturated heterocycles. The Hall–Kier alpha value is -3.72. The van der Waals surface area contributed by atoms with Crippen LogP contribution in [0.4, 0.5) is 0 Å². The minimum atomic E-state index is -1.25. The Kier molecular flexibility index (Phi) is 13.4. The summed E-state index contributed by atoms with van der Waals surface area (Å²) < 4.78 is 0. The number of hydrogen-bond donors (Lipinski definition) is 9. The standard InChI is InChI=1S/C20H36N10O5/c21-6-2-1-4-13(28-16(31)9-22)17(32)30-15(8-12-10-25-11-27-12)18(33)29-14(19(34)35)5-3-7-26-20(23)24/h10-11,13-15H,1-9,21-22H2,(H,25,27)(H,28,31)(H,29,33)(H,30,32)(H,34,35)(H4,23,24,26). The van der Waals surface area contributed by atoms with Crippen LogP contribution in [0.2, 0.25) is 0 Å². The Morgan fingerprint density at radius 2 is 1.63 bits per heavy atom. The second-order valence-corrected chi connectivity index (χ2v) is 7.80. The first kappa shape index (κ1) is 29.3. The number of H-pyrrole nitrogens is 1. The van der Waals surface area contributed by atoms with Gasteiger partial charge in [0, 0.05) is 24.9 Å².